The average Bonchev–Trinajstić information content (AvgIpc) is 3.19. The summed E-state index contributed by atoms with van der Waals surface area (Å²) in [5.41, 5.74) is -0.333. The smallest absolute Gasteiger partial charge is 0.417 e. The molecule has 1 aromatic carbocycles. The predicted octanol–water partition coefficient (Wildman–Crippen LogP) is 3.46. The largest absolute Gasteiger partial charge is 0.495 e. The summed E-state index contributed by atoms with van der Waals surface area (Å²) in [5.74, 6) is -0.530. The first kappa shape index (κ1) is 24.2. The van der Waals surface area contributed by atoms with E-state index in [1.165, 1.54) is 23.5 Å². The number of ether oxygens (including phenoxy) is 1. The van der Waals surface area contributed by atoms with Crippen molar-refractivity contribution in [1.29, 1.82) is 0 Å². The van der Waals surface area contributed by atoms with Gasteiger partial charge in [0.25, 0.3) is 0 Å². The summed E-state index contributed by atoms with van der Waals surface area (Å²) in [4.78, 5) is 16.8. The second-order valence-electron chi connectivity index (χ2n) is 7.60. The van der Waals surface area contributed by atoms with Crippen LogP contribution in [0.2, 0.25) is 0 Å². The maximum atomic E-state index is 13.6. The lowest BCUT2D eigenvalue weighted by Crippen LogP contribution is -2.49. The number of carboxylic acid groups (broad SMARTS) is 1. The van der Waals surface area contributed by atoms with Gasteiger partial charge in [-0.3, -0.25) is 4.79 Å². The molecule has 0 radical (unpaired) electrons. The zero-order chi connectivity index (χ0) is 24.7. The number of anilines is 1. The van der Waals surface area contributed by atoms with Crippen molar-refractivity contribution in [1.82, 2.24) is 9.29 Å². The standard InChI is InChI=1S/C21H20F3N3O5S2/c1-32-16-4-3-15-13(10-18(28)29)12-33-19(15)20(16)34(30,31)27-8-6-26(7-9-27)17-5-2-14(11-25-17)21(22,23)24/h2-5,11-12H,6-10H2,1H3,(H,28,29). The quantitative estimate of drug-likeness (QED) is 0.537. The third kappa shape index (κ3) is 4.55. The lowest BCUT2D eigenvalue weighted by atomic mass is 10.1. The number of alkyl halides is 3. The van der Waals surface area contributed by atoms with Crippen LogP contribution in [0.3, 0.4) is 0 Å². The number of halogens is 3. The fourth-order valence-electron chi connectivity index (χ4n) is 3.84. The van der Waals surface area contributed by atoms with Crippen molar-refractivity contribution in [2.45, 2.75) is 17.5 Å². The zero-order valence-corrected chi connectivity index (χ0v) is 19.5. The number of hydrogen-bond acceptors (Lipinski definition) is 7. The van der Waals surface area contributed by atoms with E-state index in [2.05, 4.69) is 4.98 Å². The van der Waals surface area contributed by atoms with Gasteiger partial charge in [-0.25, -0.2) is 13.4 Å². The molecular formula is C21H20F3N3O5S2. The molecule has 3 aromatic rings. The summed E-state index contributed by atoms with van der Waals surface area (Å²) in [6.07, 6.45) is -3.95. The number of fused-ring (bicyclic) bond motifs is 1. The van der Waals surface area contributed by atoms with Crippen LogP contribution < -0.4 is 9.64 Å². The zero-order valence-electron chi connectivity index (χ0n) is 17.9. The molecule has 1 aliphatic heterocycles. The fraction of sp³-hybridized carbons (Fsp3) is 0.333. The van der Waals surface area contributed by atoms with Crippen LogP contribution in [-0.4, -0.2) is 62.1 Å². The van der Waals surface area contributed by atoms with E-state index in [4.69, 9.17) is 9.84 Å². The molecule has 2 aromatic heterocycles. The molecule has 1 aliphatic rings. The van der Waals surface area contributed by atoms with Gasteiger partial charge in [0.15, 0.2) is 0 Å². The number of pyridine rings is 1. The van der Waals surface area contributed by atoms with Crippen molar-refractivity contribution in [3.8, 4) is 5.75 Å². The van der Waals surface area contributed by atoms with Crippen molar-refractivity contribution in [3.05, 3.63) is 47.0 Å². The SMILES string of the molecule is COc1ccc2c(CC(=O)O)csc2c1S(=O)(=O)N1CCN(c2ccc(C(F)(F)F)cn2)CC1. The Morgan fingerprint density at radius 2 is 1.88 bits per heavy atom. The van der Waals surface area contributed by atoms with E-state index >= 15 is 0 Å². The van der Waals surface area contributed by atoms with Crippen molar-refractivity contribution in [2.24, 2.45) is 0 Å². The van der Waals surface area contributed by atoms with Gasteiger partial charge in [-0.1, -0.05) is 0 Å². The van der Waals surface area contributed by atoms with Crippen LogP contribution in [0.5, 0.6) is 5.75 Å². The molecule has 0 bridgehead atoms. The predicted molar refractivity (Wildman–Crippen MR) is 120 cm³/mol. The Bertz CT molecular complexity index is 1320. The van der Waals surface area contributed by atoms with E-state index in [1.807, 2.05) is 0 Å². The molecule has 1 N–H and O–H groups in total. The Kier molecular flexibility index (Phi) is 6.44. The molecule has 4 rings (SSSR count). The van der Waals surface area contributed by atoms with Gasteiger partial charge in [-0.2, -0.15) is 17.5 Å². The van der Waals surface area contributed by atoms with E-state index in [1.54, 1.807) is 16.3 Å². The molecule has 0 amide bonds. The van der Waals surface area contributed by atoms with Gasteiger partial charge in [0, 0.05) is 32.4 Å². The third-order valence-corrected chi connectivity index (χ3v) is 8.70. The van der Waals surface area contributed by atoms with E-state index in [-0.39, 0.29) is 43.2 Å². The van der Waals surface area contributed by atoms with E-state index in [0.29, 0.717) is 21.5 Å². The van der Waals surface area contributed by atoms with Crippen LogP contribution in [0.15, 0.2) is 40.7 Å². The van der Waals surface area contributed by atoms with E-state index in [0.717, 1.165) is 23.6 Å². The Morgan fingerprint density at radius 3 is 2.44 bits per heavy atom. The molecule has 1 fully saturated rings. The number of carbonyl (C=O) groups is 1. The van der Waals surface area contributed by atoms with Gasteiger partial charge in [-0.05, 0) is 40.6 Å². The molecule has 13 heteroatoms. The van der Waals surface area contributed by atoms with Gasteiger partial charge in [0.2, 0.25) is 10.0 Å². The number of thiophene rings is 1. The number of benzene rings is 1. The van der Waals surface area contributed by atoms with Crippen LogP contribution in [0.25, 0.3) is 10.1 Å². The summed E-state index contributed by atoms with van der Waals surface area (Å²) in [6, 6.07) is 5.38. The van der Waals surface area contributed by atoms with Crippen molar-refractivity contribution >= 4 is 43.2 Å². The molecule has 0 aliphatic carbocycles. The minimum atomic E-state index is -4.48. The highest BCUT2D eigenvalue weighted by molar-refractivity contribution is 7.89. The Balaban J connectivity index is 1.59. The van der Waals surface area contributed by atoms with Crippen LogP contribution in [0, 0.1) is 0 Å². The maximum Gasteiger partial charge on any atom is 0.417 e. The molecule has 3 heterocycles. The Morgan fingerprint density at radius 1 is 1.18 bits per heavy atom. The average molecular weight is 516 g/mol. The van der Waals surface area contributed by atoms with Crippen molar-refractivity contribution < 1.29 is 36.2 Å². The number of nitrogens with zero attached hydrogens (tertiary/aromatic N) is 3. The molecule has 1 saturated heterocycles. The summed E-state index contributed by atoms with van der Waals surface area (Å²) in [5, 5.41) is 11.3. The molecular weight excluding hydrogens is 495 g/mol. The van der Waals surface area contributed by atoms with Gasteiger partial charge in [0.1, 0.15) is 16.5 Å². The number of methoxy groups -OCH3 is 1. The molecule has 34 heavy (non-hydrogen) atoms. The number of sulfonamides is 1. The molecule has 0 unspecified atom stereocenters. The number of hydrogen-bond donors (Lipinski definition) is 1. The first-order chi connectivity index (χ1) is 16.0. The topological polar surface area (TPSA) is 100 Å². The summed E-state index contributed by atoms with van der Waals surface area (Å²) < 4.78 is 72.5. The number of aromatic nitrogens is 1. The molecule has 182 valence electrons. The molecule has 0 spiro atoms. The lowest BCUT2D eigenvalue weighted by Gasteiger charge is -2.35. The van der Waals surface area contributed by atoms with Crippen molar-refractivity contribution in [3.63, 3.8) is 0 Å². The highest BCUT2D eigenvalue weighted by Gasteiger charge is 2.34. The fourth-order valence-corrected chi connectivity index (χ4v) is 6.96. The van der Waals surface area contributed by atoms with Gasteiger partial charge in [-0.15, -0.1) is 11.3 Å². The van der Waals surface area contributed by atoms with E-state index in [9.17, 15) is 26.4 Å². The normalized spacial score (nSPS) is 15.6. The lowest BCUT2D eigenvalue weighted by molar-refractivity contribution is -0.138. The van der Waals surface area contributed by atoms with E-state index < -0.39 is 27.7 Å². The Labute approximate surface area is 197 Å². The number of rotatable bonds is 6. The number of piperazine rings is 1. The second-order valence-corrected chi connectivity index (χ2v) is 10.4. The second kappa shape index (κ2) is 9.04. The van der Waals surface area contributed by atoms with Crippen LogP contribution >= 0.6 is 11.3 Å². The van der Waals surface area contributed by atoms with Gasteiger partial charge >= 0.3 is 12.1 Å². The van der Waals surface area contributed by atoms with Crippen LogP contribution in [0.1, 0.15) is 11.1 Å². The summed E-state index contributed by atoms with van der Waals surface area (Å²) >= 11 is 1.14. The first-order valence-corrected chi connectivity index (χ1v) is 12.4. The summed E-state index contributed by atoms with van der Waals surface area (Å²) in [7, 11) is -2.64. The molecule has 0 atom stereocenters. The number of carboxylic acids is 1. The summed E-state index contributed by atoms with van der Waals surface area (Å²) in [6.45, 7) is 0.672. The number of aliphatic carboxylic acids is 1. The Hall–Kier alpha value is -2.90. The highest BCUT2D eigenvalue weighted by atomic mass is 32.2. The molecule has 0 saturated carbocycles. The van der Waals surface area contributed by atoms with Gasteiger partial charge < -0.3 is 14.7 Å². The van der Waals surface area contributed by atoms with Crippen molar-refractivity contribution in [2.75, 3.05) is 38.2 Å². The molecule has 8 nitrogen and oxygen atoms in total. The van der Waals surface area contributed by atoms with Crippen LogP contribution in [-0.2, 0) is 27.4 Å². The van der Waals surface area contributed by atoms with Crippen LogP contribution in [0.4, 0.5) is 19.0 Å². The maximum absolute atomic E-state index is 13.6. The highest BCUT2D eigenvalue weighted by Crippen LogP contribution is 2.39. The minimum absolute atomic E-state index is 0.0183. The first-order valence-electron chi connectivity index (χ1n) is 10.1. The monoisotopic (exact) mass is 515 g/mol. The third-order valence-electron chi connectivity index (χ3n) is 5.54. The minimum Gasteiger partial charge on any atom is -0.495 e. The van der Waals surface area contributed by atoms with Gasteiger partial charge in [0.05, 0.1) is 23.8 Å².